The highest BCUT2D eigenvalue weighted by Crippen LogP contribution is 2.19. The van der Waals surface area contributed by atoms with Crippen LogP contribution >= 0.6 is 0 Å². The highest BCUT2D eigenvalue weighted by molar-refractivity contribution is 5.94. The Morgan fingerprint density at radius 3 is 2.22 bits per heavy atom. The van der Waals surface area contributed by atoms with Crippen LogP contribution in [0.25, 0.3) is 10.9 Å². The second-order valence-electron chi connectivity index (χ2n) is 11.3. The van der Waals surface area contributed by atoms with Crippen molar-refractivity contribution in [2.75, 3.05) is 6.54 Å². The monoisotopic (exact) mass is 636 g/mol. The number of guanidine groups is 1. The Bertz CT molecular complexity index is 1520. The third kappa shape index (κ3) is 10.2. The predicted octanol–water partition coefficient (Wildman–Crippen LogP) is 0.625. The molecule has 3 amide bonds. The molecule has 1 aromatic heterocycles. The number of aromatic hydroxyl groups is 1. The number of aliphatic imine (C=N–C) groups is 1. The van der Waals surface area contributed by atoms with E-state index in [4.69, 9.17) is 17.2 Å². The second-order valence-corrected chi connectivity index (χ2v) is 11.3. The number of nitrogens with one attached hydrogen (secondary N) is 4. The van der Waals surface area contributed by atoms with Crippen LogP contribution in [-0.4, -0.2) is 75.6 Å². The van der Waals surface area contributed by atoms with Crippen LogP contribution in [0.5, 0.6) is 5.75 Å². The average Bonchev–Trinajstić information content (AvgIpc) is 3.43. The van der Waals surface area contributed by atoms with Crippen molar-refractivity contribution in [1.82, 2.24) is 20.9 Å². The zero-order valence-corrected chi connectivity index (χ0v) is 26.0. The van der Waals surface area contributed by atoms with E-state index in [0.717, 1.165) is 16.5 Å². The Morgan fingerprint density at radius 2 is 1.57 bits per heavy atom. The molecular formula is C32H44N8O6. The quantitative estimate of drug-likeness (QED) is 0.0571. The maximum atomic E-state index is 13.7. The third-order valence-electron chi connectivity index (χ3n) is 7.82. The molecule has 0 spiro atoms. The number of rotatable bonds is 17. The summed E-state index contributed by atoms with van der Waals surface area (Å²) >= 11 is 0. The predicted molar refractivity (Wildman–Crippen MR) is 175 cm³/mol. The molecule has 0 bridgehead atoms. The van der Waals surface area contributed by atoms with E-state index in [1.165, 1.54) is 12.1 Å². The maximum absolute atomic E-state index is 13.7. The number of phenolic OH excluding ortho intramolecular Hbond substituents is 1. The topological polar surface area (TPSA) is 251 Å². The van der Waals surface area contributed by atoms with Crippen molar-refractivity contribution < 1.29 is 29.4 Å². The fourth-order valence-electron chi connectivity index (χ4n) is 4.97. The number of H-pyrrole nitrogens is 1. The lowest BCUT2D eigenvalue weighted by atomic mass is 9.98. The van der Waals surface area contributed by atoms with Gasteiger partial charge in [0.1, 0.15) is 23.9 Å². The summed E-state index contributed by atoms with van der Waals surface area (Å²) in [7, 11) is 0. The lowest BCUT2D eigenvalue weighted by Crippen LogP contribution is -2.58. The fraction of sp³-hybridized carbons (Fsp3) is 0.406. The van der Waals surface area contributed by atoms with Gasteiger partial charge in [-0.25, -0.2) is 4.79 Å². The van der Waals surface area contributed by atoms with E-state index in [2.05, 4.69) is 25.9 Å². The normalized spacial score (nSPS) is 14.3. The molecule has 248 valence electrons. The van der Waals surface area contributed by atoms with Gasteiger partial charge in [-0.15, -0.1) is 0 Å². The molecule has 0 saturated carbocycles. The molecule has 0 aliphatic carbocycles. The number of benzene rings is 2. The summed E-state index contributed by atoms with van der Waals surface area (Å²) in [5, 5.41) is 28.3. The molecule has 0 fully saturated rings. The summed E-state index contributed by atoms with van der Waals surface area (Å²) in [6.07, 6.45) is 2.88. The number of phenols is 1. The van der Waals surface area contributed by atoms with Crippen molar-refractivity contribution in [3.63, 3.8) is 0 Å². The Kier molecular flexibility index (Phi) is 12.9. The molecule has 14 heteroatoms. The van der Waals surface area contributed by atoms with E-state index < -0.39 is 47.9 Å². The molecule has 3 rings (SSSR count). The van der Waals surface area contributed by atoms with Gasteiger partial charge < -0.3 is 48.3 Å². The zero-order chi connectivity index (χ0) is 33.8. The number of hydrogen-bond acceptors (Lipinski definition) is 7. The molecule has 5 unspecified atom stereocenters. The number of amides is 3. The van der Waals surface area contributed by atoms with Gasteiger partial charge in [-0.2, -0.15) is 0 Å². The van der Waals surface area contributed by atoms with E-state index in [1.54, 1.807) is 32.2 Å². The van der Waals surface area contributed by atoms with Gasteiger partial charge in [0.25, 0.3) is 0 Å². The molecule has 12 N–H and O–H groups in total. The summed E-state index contributed by atoms with van der Waals surface area (Å²) in [4.78, 5) is 59.4. The van der Waals surface area contributed by atoms with Gasteiger partial charge in [0.15, 0.2) is 5.96 Å². The van der Waals surface area contributed by atoms with Crippen molar-refractivity contribution in [1.29, 1.82) is 0 Å². The van der Waals surface area contributed by atoms with Crippen LogP contribution in [0.1, 0.15) is 44.2 Å². The molecule has 3 aromatic rings. The van der Waals surface area contributed by atoms with Crippen molar-refractivity contribution >= 4 is 40.6 Å². The van der Waals surface area contributed by atoms with Gasteiger partial charge in [0.05, 0.1) is 6.04 Å². The van der Waals surface area contributed by atoms with Gasteiger partial charge >= 0.3 is 5.97 Å². The summed E-state index contributed by atoms with van der Waals surface area (Å²) in [5.41, 5.74) is 19.5. The van der Waals surface area contributed by atoms with Crippen LogP contribution in [0.3, 0.4) is 0 Å². The van der Waals surface area contributed by atoms with Crippen molar-refractivity contribution in [2.24, 2.45) is 28.1 Å². The van der Waals surface area contributed by atoms with Gasteiger partial charge in [-0.1, -0.05) is 50.6 Å². The number of carbonyl (C=O) groups is 4. The fourth-order valence-corrected chi connectivity index (χ4v) is 4.97. The first-order valence-corrected chi connectivity index (χ1v) is 15.2. The minimum absolute atomic E-state index is 0.0185. The number of aromatic nitrogens is 1. The van der Waals surface area contributed by atoms with Gasteiger partial charge in [-0.3, -0.25) is 19.4 Å². The summed E-state index contributed by atoms with van der Waals surface area (Å²) < 4.78 is 0. The Hall–Kier alpha value is -5.11. The molecule has 2 aromatic carbocycles. The SMILES string of the molecule is CCC(C)C(NC(=O)C(CCCN=C(N)N)NC(=O)C(Cc1ccc(O)cc1)NC(=O)C(N)Cc1c[nH]c2ccccc12)C(=O)O. The molecule has 5 atom stereocenters. The number of hydrogen-bond donors (Lipinski definition) is 9. The number of para-hydroxylation sites is 1. The minimum Gasteiger partial charge on any atom is -0.508 e. The van der Waals surface area contributed by atoms with E-state index in [0.29, 0.717) is 18.4 Å². The number of carboxylic acids is 1. The molecule has 0 radical (unpaired) electrons. The zero-order valence-electron chi connectivity index (χ0n) is 26.0. The minimum atomic E-state index is -1.20. The van der Waals surface area contributed by atoms with Crippen LogP contribution < -0.4 is 33.2 Å². The Morgan fingerprint density at radius 1 is 0.913 bits per heavy atom. The lowest BCUT2D eigenvalue weighted by Gasteiger charge is -2.26. The van der Waals surface area contributed by atoms with Gasteiger partial charge in [0.2, 0.25) is 17.7 Å². The number of aromatic amines is 1. The molecule has 1 heterocycles. The van der Waals surface area contributed by atoms with E-state index in [9.17, 15) is 29.4 Å². The third-order valence-corrected chi connectivity index (χ3v) is 7.82. The first-order chi connectivity index (χ1) is 21.9. The summed E-state index contributed by atoms with van der Waals surface area (Å²) in [6.45, 7) is 3.68. The number of nitrogens with zero attached hydrogens (tertiary/aromatic N) is 1. The first-order valence-electron chi connectivity index (χ1n) is 15.2. The Balaban J connectivity index is 1.82. The van der Waals surface area contributed by atoms with Crippen molar-refractivity contribution in [2.45, 2.75) is 70.1 Å². The number of carbonyl (C=O) groups excluding carboxylic acids is 3. The number of aliphatic carboxylic acids is 1. The van der Waals surface area contributed by atoms with Crippen LogP contribution in [0.2, 0.25) is 0 Å². The highest BCUT2D eigenvalue weighted by atomic mass is 16.4. The van der Waals surface area contributed by atoms with Crippen LogP contribution in [0.15, 0.2) is 59.7 Å². The van der Waals surface area contributed by atoms with Crippen molar-refractivity contribution in [3.05, 3.63) is 65.9 Å². The van der Waals surface area contributed by atoms with E-state index >= 15 is 0 Å². The van der Waals surface area contributed by atoms with E-state index in [1.807, 2.05) is 24.3 Å². The lowest BCUT2D eigenvalue weighted by molar-refractivity contribution is -0.144. The highest BCUT2D eigenvalue weighted by Gasteiger charge is 2.32. The van der Waals surface area contributed by atoms with Crippen LogP contribution in [-0.2, 0) is 32.0 Å². The van der Waals surface area contributed by atoms with E-state index in [-0.39, 0.29) is 43.4 Å². The molecule has 14 nitrogen and oxygen atoms in total. The van der Waals surface area contributed by atoms with Gasteiger partial charge in [-0.05, 0) is 54.5 Å². The standard InChI is InChI=1S/C32H44N8O6/c1-3-18(2)27(31(45)46)40-29(43)25(9-6-14-36-32(34)35)38-30(44)26(15-19-10-12-21(41)13-11-19)39-28(42)23(33)16-20-17-37-24-8-5-4-7-22(20)24/h4-5,7-8,10-13,17-18,23,25-27,37,41H,3,6,9,14-16,33H2,1-2H3,(H,38,44)(H,39,42)(H,40,43)(H,45,46)(H4,34,35,36). The first kappa shape index (κ1) is 35.4. The number of fused-ring (bicyclic) bond motifs is 1. The molecule has 46 heavy (non-hydrogen) atoms. The smallest absolute Gasteiger partial charge is 0.326 e. The van der Waals surface area contributed by atoms with Crippen LogP contribution in [0.4, 0.5) is 0 Å². The molecular weight excluding hydrogens is 592 g/mol. The number of carboxylic acid groups (broad SMARTS) is 1. The summed E-state index contributed by atoms with van der Waals surface area (Å²) in [6, 6.07) is 9.23. The molecule has 0 aliphatic heterocycles. The average molecular weight is 637 g/mol. The second kappa shape index (κ2) is 16.8. The molecule has 0 saturated heterocycles. The molecule has 0 aliphatic rings. The Labute approximate surface area is 267 Å². The van der Waals surface area contributed by atoms with Gasteiger partial charge in [0, 0.05) is 30.1 Å². The van der Waals surface area contributed by atoms with Crippen LogP contribution in [0, 0.1) is 5.92 Å². The largest absolute Gasteiger partial charge is 0.508 e. The summed E-state index contributed by atoms with van der Waals surface area (Å²) in [5.74, 6) is -3.64. The number of nitrogens with two attached hydrogens (primary N) is 3. The maximum Gasteiger partial charge on any atom is 0.326 e. The van der Waals surface area contributed by atoms with Crippen molar-refractivity contribution in [3.8, 4) is 5.75 Å².